The first-order valence-corrected chi connectivity index (χ1v) is 5.88. The number of nitrogens with zero attached hydrogens (tertiary/aromatic N) is 1. The van der Waals surface area contributed by atoms with E-state index in [2.05, 4.69) is 0 Å². The van der Waals surface area contributed by atoms with E-state index in [1.165, 1.54) is 6.07 Å². The topological polar surface area (TPSA) is 79.7 Å². The summed E-state index contributed by atoms with van der Waals surface area (Å²) in [5.41, 5.74) is 8.23. The number of carbonyl (C=O) groups is 1. The van der Waals surface area contributed by atoms with E-state index in [1.807, 2.05) is 24.1 Å². The number of para-hydroxylation sites is 1. The van der Waals surface area contributed by atoms with Gasteiger partial charge in [0, 0.05) is 18.7 Å². The highest BCUT2D eigenvalue weighted by Crippen LogP contribution is 2.19. The zero-order valence-corrected chi connectivity index (χ0v) is 10.7. The van der Waals surface area contributed by atoms with E-state index in [4.69, 9.17) is 15.3 Å². The Hall–Kier alpha value is -2.27. The highest BCUT2D eigenvalue weighted by Gasteiger charge is 2.12. The molecule has 0 amide bonds. The van der Waals surface area contributed by atoms with Gasteiger partial charge in [-0.2, -0.15) is 0 Å². The Kier molecular flexibility index (Phi) is 3.87. The Morgan fingerprint density at radius 2 is 2.16 bits per heavy atom. The van der Waals surface area contributed by atoms with Gasteiger partial charge in [-0.05, 0) is 24.7 Å². The number of nitrogens with two attached hydrogens (primary N) is 1. The number of benzene rings is 1. The Morgan fingerprint density at radius 1 is 1.37 bits per heavy atom. The molecule has 1 heterocycles. The summed E-state index contributed by atoms with van der Waals surface area (Å²) in [7, 11) is 1.94. The summed E-state index contributed by atoms with van der Waals surface area (Å²) in [6.45, 7) is 1.30. The van der Waals surface area contributed by atoms with Gasteiger partial charge in [-0.3, -0.25) is 4.90 Å². The Labute approximate surface area is 111 Å². The molecule has 0 aliphatic rings. The maximum atomic E-state index is 11.0. The average Bonchev–Trinajstić information content (AvgIpc) is 2.84. The molecule has 0 aliphatic heterocycles. The van der Waals surface area contributed by atoms with Crippen LogP contribution in [0.1, 0.15) is 21.5 Å². The smallest absolute Gasteiger partial charge is 0.337 e. The average molecular weight is 260 g/mol. The van der Waals surface area contributed by atoms with Crippen LogP contribution in [-0.4, -0.2) is 23.0 Å². The quantitative estimate of drug-likeness (QED) is 0.805. The number of carboxylic acid groups (broad SMARTS) is 1. The van der Waals surface area contributed by atoms with Crippen LogP contribution < -0.4 is 5.73 Å². The molecule has 0 bridgehead atoms. The summed E-state index contributed by atoms with van der Waals surface area (Å²) >= 11 is 0. The first-order chi connectivity index (χ1) is 9.08. The normalized spacial score (nSPS) is 10.8. The van der Waals surface area contributed by atoms with Crippen molar-refractivity contribution in [2.75, 3.05) is 12.8 Å². The predicted octanol–water partition coefficient (Wildman–Crippen LogP) is 2.19. The van der Waals surface area contributed by atoms with Crippen LogP contribution in [0.3, 0.4) is 0 Å². The first kappa shape index (κ1) is 13.2. The highest BCUT2D eigenvalue weighted by atomic mass is 16.4. The second kappa shape index (κ2) is 5.58. The third-order valence-electron chi connectivity index (χ3n) is 2.90. The fraction of sp³-hybridized carbons (Fsp3) is 0.214. The lowest BCUT2D eigenvalue weighted by molar-refractivity contribution is 0.0698. The SMILES string of the molecule is CN(Cc1ccoc1)Cc1cccc(C(=O)O)c1N. The monoisotopic (exact) mass is 260 g/mol. The van der Waals surface area contributed by atoms with Crippen molar-refractivity contribution in [3.05, 3.63) is 53.5 Å². The Bertz CT molecular complexity index is 564. The van der Waals surface area contributed by atoms with Crippen LogP contribution in [0.2, 0.25) is 0 Å². The molecule has 19 heavy (non-hydrogen) atoms. The van der Waals surface area contributed by atoms with Gasteiger partial charge in [0.05, 0.1) is 23.8 Å². The van der Waals surface area contributed by atoms with Gasteiger partial charge in [-0.1, -0.05) is 12.1 Å². The van der Waals surface area contributed by atoms with E-state index in [1.54, 1.807) is 18.6 Å². The van der Waals surface area contributed by atoms with E-state index in [-0.39, 0.29) is 5.56 Å². The highest BCUT2D eigenvalue weighted by molar-refractivity contribution is 5.94. The van der Waals surface area contributed by atoms with Crippen molar-refractivity contribution in [2.24, 2.45) is 0 Å². The molecule has 0 fully saturated rings. The summed E-state index contributed by atoms with van der Waals surface area (Å²) < 4.78 is 5.01. The summed E-state index contributed by atoms with van der Waals surface area (Å²) in [6.07, 6.45) is 3.32. The van der Waals surface area contributed by atoms with Crippen LogP contribution in [0.4, 0.5) is 5.69 Å². The lowest BCUT2D eigenvalue weighted by Gasteiger charge is -2.17. The molecular weight excluding hydrogens is 244 g/mol. The summed E-state index contributed by atoms with van der Waals surface area (Å²) in [5.74, 6) is -1.00. The number of rotatable bonds is 5. The fourth-order valence-electron chi connectivity index (χ4n) is 1.98. The minimum atomic E-state index is -1.00. The van der Waals surface area contributed by atoms with Crippen LogP contribution in [0.25, 0.3) is 0 Å². The van der Waals surface area contributed by atoms with E-state index >= 15 is 0 Å². The predicted molar refractivity (Wildman–Crippen MR) is 71.7 cm³/mol. The zero-order valence-electron chi connectivity index (χ0n) is 10.7. The number of nitrogen functional groups attached to an aromatic ring is 1. The van der Waals surface area contributed by atoms with Crippen molar-refractivity contribution in [1.82, 2.24) is 4.90 Å². The van der Waals surface area contributed by atoms with Gasteiger partial charge < -0.3 is 15.3 Å². The molecule has 100 valence electrons. The molecule has 0 atom stereocenters. The standard InChI is InChI=1S/C14H16N2O3/c1-16(7-10-5-6-19-9-10)8-11-3-2-4-12(13(11)15)14(17)18/h2-6,9H,7-8,15H2,1H3,(H,17,18). The van der Waals surface area contributed by atoms with Crippen LogP contribution in [-0.2, 0) is 13.1 Å². The van der Waals surface area contributed by atoms with Crippen LogP contribution in [0.15, 0.2) is 41.2 Å². The van der Waals surface area contributed by atoms with Crippen molar-refractivity contribution in [3.8, 4) is 0 Å². The van der Waals surface area contributed by atoms with Crippen molar-refractivity contribution in [1.29, 1.82) is 0 Å². The van der Waals surface area contributed by atoms with Crippen LogP contribution in [0, 0.1) is 0 Å². The van der Waals surface area contributed by atoms with Crippen molar-refractivity contribution < 1.29 is 14.3 Å². The molecule has 5 heteroatoms. The summed E-state index contributed by atoms with van der Waals surface area (Å²) in [6, 6.07) is 6.96. The molecule has 5 nitrogen and oxygen atoms in total. The van der Waals surface area contributed by atoms with Crippen molar-refractivity contribution in [2.45, 2.75) is 13.1 Å². The second-order valence-electron chi connectivity index (χ2n) is 4.49. The zero-order chi connectivity index (χ0) is 13.8. The molecule has 0 saturated carbocycles. The Balaban J connectivity index is 2.10. The third kappa shape index (κ3) is 3.14. The van der Waals surface area contributed by atoms with Crippen LogP contribution >= 0.6 is 0 Å². The molecular formula is C14H16N2O3. The minimum Gasteiger partial charge on any atom is -0.478 e. The molecule has 0 aliphatic carbocycles. The number of aromatic carboxylic acids is 1. The van der Waals surface area contributed by atoms with E-state index in [9.17, 15) is 4.79 Å². The number of carboxylic acids is 1. The first-order valence-electron chi connectivity index (χ1n) is 5.88. The molecule has 2 rings (SSSR count). The second-order valence-corrected chi connectivity index (χ2v) is 4.49. The van der Waals surface area contributed by atoms with Crippen molar-refractivity contribution >= 4 is 11.7 Å². The van der Waals surface area contributed by atoms with Crippen LogP contribution in [0.5, 0.6) is 0 Å². The molecule has 0 radical (unpaired) electrons. The van der Waals surface area contributed by atoms with Gasteiger partial charge in [-0.25, -0.2) is 4.79 Å². The lowest BCUT2D eigenvalue weighted by atomic mass is 10.1. The molecule has 1 aromatic heterocycles. The number of hydrogen-bond acceptors (Lipinski definition) is 4. The number of anilines is 1. The lowest BCUT2D eigenvalue weighted by Crippen LogP contribution is -2.18. The molecule has 1 aromatic carbocycles. The number of furan rings is 1. The van der Waals surface area contributed by atoms with E-state index in [0.29, 0.717) is 18.8 Å². The van der Waals surface area contributed by atoms with Gasteiger partial charge in [0.1, 0.15) is 0 Å². The largest absolute Gasteiger partial charge is 0.478 e. The minimum absolute atomic E-state index is 0.147. The van der Waals surface area contributed by atoms with Gasteiger partial charge in [0.15, 0.2) is 0 Å². The van der Waals surface area contributed by atoms with Gasteiger partial charge >= 0.3 is 5.97 Å². The maximum absolute atomic E-state index is 11.0. The molecule has 0 saturated heterocycles. The molecule has 0 unspecified atom stereocenters. The Morgan fingerprint density at radius 3 is 2.79 bits per heavy atom. The summed E-state index contributed by atoms with van der Waals surface area (Å²) in [4.78, 5) is 13.1. The van der Waals surface area contributed by atoms with E-state index in [0.717, 1.165) is 11.1 Å². The van der Waals surface area contributed by atoms with Gasteiger partial charge in [0.25, 0.3) is 0 Å². The van der Waals surface area contributed by atoms with E-state index < -0.39 is 5.97 Å². The summed E-state index contributed by atoms with van der Waals surface area (Å²) in [5, 5.41) is 9.03. The molecule has 3 N–H and O–H groups in total. The maximum Gasteiger partial charge on any atom is 0.337 e. The van der Waals surface area contributed by atoms with Gasteiger partial charge in [0.2, 0.25) is 0 Å². The number of hydrogen-bond donors (Lipinski definition) is 2. The third-order valence-corrected chi connectivity index (χ3v) is 2.90. The van der Waals surface area contributed by atoms with Crippen molar-refractivity contribution in [3.63, 3.8) is 0 Å². The molecule has 2 aromatic rings. The molecule has 0 spiro atoms. The fourth-order valence-corrected chi connectivity index (χ4v) is 1.98. The van der Waals surface area contributed by atoms with Gasteiger partial charge in [-0.15, -0.1) is 0 Å².